The molecule has 2 aliphatic heterocycles. The molecule has 0 aromatic carbocycles. The SMILES string of the molecule is Cc1noc(Cl)c1CC(=O)N1CCn2c(C)nc(C3CCN(C)CC3)c2C1. The lowest BCUT2D eigenvalue weighted by Gasteiger charge is -2.32. The van der Waals surface area contributed by atoms with E-state index in [9.17, 15) is 4.79 Å². The summed E-state index contributed by atoms with van der Waals surface area (Å²) in [4.78, 5) is 22.1. The summed E-state index contributed by atoms with van der Waals surface area (Å²) in [7, 11) is 2.17. The largest absolute Gasteiger partial charge is 0.344 e. The molecule has 0 radical (unpaired) electrons. The molecule has 7 nitrogen and oxygen atoms in total. The fourth-order valence-corrected chi connectivity index (χ4v) is 4.46. The van der Waals surface area contributed by atoms with Gasteiger partial charge in [-0.2, -0.15) is 0 Å². The van der Waals surface area contributed by atoms with Crippen LogP contribution < -0.4 is 0 Å². The predicted octanol–water partition coefficient (Wildman–Crippen LogP) is 2.54. The Morgan fingerprint density at radius 3 is 2.63 bits per heavy atom. The fraction of sp³-hybridized carbons (Fsp3) is 0.632. The first-order valence-electron chi connectivity index (χ1n) is 9.57. The third-order valence-electron chi connectivity index (χ3n) is 5.95. The normalized spacial score (nSPS) is 18.7. The zero-order valence-corrected chi connectivity index (χ0v) is 16.9. The van der Waals surface area contributed by atoms with Crippen molar-refractivity contribution < 1.29 is 9.32 Å². The molecule has 0 aliphatic carbocycles. The molecular formula is C19H26ClN5O2. The molecule has 0 bridgehead atoms. The van der Waals surface area contributed by atoms with Crippen molar-refractivity contribution in [3.8, 4) is 0 Å². The Morgan fingerprint density at radius 1 is 1.22 bits per heavy atom. The first-order valence-corrected chi connectivity index (χ1v) is 9.94. The van der Waals surface area contributed by atoms with Crippen molar-refractivity contribution >= 4 is 17.5 Å². The lowest BCUT2D eigenvalue weighted by Crippen LogP contribution is -2.40. The third kappa shape index (κ3) is 3.50. The number of halogens is 1. The molecule has 2 aliphatic rings. The second-order valence-corrected chi connectivity index (χ2v) is 8.08. The van der Waals surface area contributed by atoms with E-state index in [0.717, 1.165) is 38.3 Å². The van der Waals surface area contributed by atoms with Crippen molar-refractivity contribution in [3.05, 3.63) is 33.7 Å². The molecule has 2 aromatic rings. The van der Waals surface area contributed by atoms with Crippen LogP contribution >= 0.6 is 11.6 Å². The van der Waals surface area contributed by atoms with Crippen LogP contribution in [0.4, 0.5) is 0 Å². The van der Waals surface area contributed by atoms with Gasteiger partial charge in [-0.25, -0.2) is 4.98 Å². The summed E-state index contributed by atoms with van der Waals surface area (Å²) in [6, 6.07) is 0. The van der Waals surface area contributed by atoms with Crippen LogP contribution in [0.5, 0.6) is 0 Å². The molecule has 2 aromatic heterocycles. The van der Waals surface area contributed by atoms with Crippen molar-refractivity contribution in [2.45, 2.75) is 52.1 Å². The Kier molecular flexibility index (Phi) is 4.99. The van der Waals surface area contributed by atoms with E-state index in [1.165, 1.54) is 11.4 Å². The van der Waals surface area contributed by atoms with E-state index in [1.807, 2.05) is 11.8 Å². The smallest absolute Gasteiger partial charge is 0.229 e. The van der Waals surface area contributed by atoms with Gasteiger partial charge < -0.3 is 18.9 Å². The summed E-state index contributed by atoms with van der Waals surface area (Å²) >= 11 is 6.03. The highest BCUT2D eigenvalue weighted by Crippen LogP contribution is 2.32. The lowest BCUT2D eigenvalue weighted by atomic mass is 9.92. The Morgan fingerprint density at radius 2 is 1.96 bits per heavy atom. The van der Waals surface area contributed by atoms with E-state index >= 15 is 0 Å². The van der Waals surface area contributed by atoms with Crippen molar-refractivity contribution in [3.63, 3.8) is 0 Å². The second kappa shape index (κ2) is 7.28. The minimum Gasteiger partial charge on any atom is -0.344 e. The highest BCUT2D eigenvalue weighted by Gasteiger charge is 2.30. The first-order chi connectivity index (χ1) is 12.9. The minimum atomic E-state index is 0.0580. The van der Waals surface area contributed by atoms with E-state index in [1.54, 1.807) is 0 Å². The standard InChI is InChI=1S/C19H26ClN5O2/c1-12-15(19(20)27-22-12)10-17(26)24-8-9-25-13(2)21-18(16(25)11-24)14-4-6-23(3)7-5-14/h14H,4-11H2,1-3H3. The molecular weight excluding hydrogens is 366 g/mol. The minimum absolute atomic E-state index is 0.0580. The average molecular weight is 392 g/mol. The van der Waals surface area contributed by atoms with Crippen LogP contribution in [0.15, 0.2) is 4.52 Å². The number of carbonyl (C=O) groups is 1. The van der Waals surface area contributed by atoms with Crippen LogP contribution in [0.25, 0.3) is 0 Å². The molecule has 0 unspecified atom stereocenters. The molecule has 0 atom stereocenters. The van der Waals surface area contributed by atoms with Crippen LogP contribution in [0.1, 0.15) is 47.2 Å². The number of fused-ring (bicyclic) bond motifs is 1. The summed E-state index contributed by atoms with van der Waals surface area (Å²) in [5, 5.41) is 4.05. The van der Waals surface area contributed by atoms with Gasteiger partial charge in [0.2, 0.25) is 11.1 Å². The topological polar surface area (TPSA) is 67.4 Å². The number of carbonyl (C=O) groups excluding carboxylic acids is 1. The van der Waals surface area contributed by atoms with Crippen LogP contribution in [0.2, 0.25) is 5.22 Å². The number of hydrogen-bond acceptors (Lipinski definition) is 5. The number of piperidine rings is 1. The van der Waals surface area contributed by atoms with Crippen molar-refractivity contribution in [1.82, 2.24) is 24.5 Å². The lowest BCUT2D eigenvalue weighted by molar-refractivity contribution is -0.131. The predicted molar refractivity (Wildman–Crippen MR) is 102 cm³/mol. The van der Waals surface area contributed by atoms with Gasteiger partial charge in [0, 0.05) is 24.6 Å². The average Bonchev–Trinajstić information content (AvgIpc) is 3.16. The Bertz CT molecular complexity index is 831. The van der Waals surface area contributed by atoms with Crippen LogP contribution in [0.3, 0.4) is 0 Å². The maximum atomic E-state index is 12.9. The number of imidazole rings is 1. The van der Waals surface area contributed by atoms with E-state index < -0.39 is 0 Å². The second-order valence-electron chi connectivity index (χ2n) is 7.73. The molecule has 4 heterocycles. The number of hydrogen-bond donors (Lipinski definition) is 0. The summed E-state index contributed by atoms with van der Waals surface area (Å²) < 4.78 is 7.26. The monoisotopic (exact) mass is 391 g/mol. The van der Waals surface area contributed by atoms with Gasteiger partial charge in [-0.3, -0.25) is 4.79 Å². The summed E-state index contributed by atoms with van der Waals surface area (Å²) in [6.07, 6.45) is 2.48. The number of aromatic nitrogens is 3. The van der Waals surface area contributed by atoms with Gasteiger partial charge in [-0.15, -0.1) is 0 Å². The maximum Gasteiger partial charge on any atom is 0.229 e. The molecule has 146 valence electrons. The van der Waals surface area contributed by atoms with Crippen LogP contribution in [-0.2, 0) is 24.3 Å². The molecule has 4 rings (SSSR count). The number of nitrogens with zero attached hydrogens (tertiary/aromatic N) is 5. The summed E-state index contributed by atoms with van der Waals surface area (Å²) in [5.41, 5.74) is 3.76. The molecule has 8 heteroatoms. The van der Waals surface area contributed by atoms with E-state index in [-0.39, 0.29) is 17.5 Å². The van der Waals surface area contributed by atoms with Crippen molar-refractivity contribution in [2.24, 2.45) is 0 Å². The van der Waals surface area contributed by atoms with Gasteiger partial charge in [-0.05, 0) is 58.4 Å². The van der Waals surface area contributed by atoms with Crippen LogP contribution in [-0.4, -0.2) is 57.1 Å². The third-order valence-corrected chi connectivity index (χ3v) is 6.25. The number of likely N-dealkylation sites (tertiary alicyclic amines) is 1. The highest BCUT2D eigenvalue weighted by atomic mass is 35.5. The number of amides is 1. The Labute approximate surface area is 164 Å². The zero-order valence-electron chi connectivity index (χ0n) is 16.2. The quantitative estimate of drug-likeness (QED) is 0.804. The van der Waals surface area contributed by atoms with Gasteiger partial charge >= 0.3 is 0 Å². The van der Waals surface area contributed by atoms with E-state index in [0.29, 0.717) is 30.3 Å². The Balaban J connectivity index is 1.53. The zero-order chi connectivity index (χ0) is 19.1. The van der Waals surface area contributed by atoms with Crippen molar-refractivity contribution in [2.75, 3.05) is 26.7 Å². The number of rotatable bonds is 3. The number of aryl methyl sites for hydroxylation is 2. The molecule has 0 saturated carbocycles. The van der Waals surface area contributed by atoms with Crippen LogP contribution in [0, 0.1) is 13.8 Å². The van der Waals surface area contributed by atoms with Gasteiger partial charge in [0.1, 0.15) is 5.82 Å². The molecule has 27 heavy (non-hydrogen) atoms. The van der Waals surface area contributed by atoms with Gasteiger partial charge in [-0.1, -0.05) is 5.16 Å². The molecule has 1 fully saturated rings. The van der Waals surface area contributed by atoms with E-state index in [4.69, 9.17) is 21.1 Å². The maximum absolute atomic E-state index is 12.9. The van der Waals surface area contributed by atoms with E-state index in [2.05, 4.69) is 28.6 Å². The molecule has 1 amide bonds. The fourth-order valence-electron chi connectivity index (χ4n) is 4.22. The summed E-state index contributed by atoms with van der Waals surface area (Å²) in [6.45, 7) is 8.18. The van der Waals surface area contributed by atoms with Gasteiger partial charge in [0.15, 0.2) is 0 Å². The first kappa shape index (κ1) is 18.5. The molecule has 0 spiro atoms. The molecule has 0 N–H and O–H groups in total. The Hall–Kier alpha value is -1.86. The summed E-state index contributed by atoms with van der Waals surface area (Å²) in [5.74, 6) is 1.60. The van der Waals surface area contributed by atoms with Gasteiger partial charge in [0.25, 0.3) is 0 Å². The highest BCUT2D eigenvalue weighted by molar-refractivity contribution is 6.29. The molecule has 1 saturated heterocycles. The van der Waals surface area contributed by atoms with Gasteiger partial charge in [0.05, 0.1) is 30.0 Å². The van der Waals surface area contributed by atoms with Crippen molar-refractivity contribution in [1.29, 1.82) is 0 Å².